The molecule has 2 amide bonds. The van der Waals surface area contributed by atoms with Gasteiger partial charge in [0.15, 0.2) is 5.82 Å². The Hall–Kier alpha value is -2.77. The molecule has 0 spiro atoms. The van der Waals surface area contributed by atoms with Crippen LogP contribution in [0, 0.1) is 24.5 Å². The maximum Gasteiger partial charge on any atom is 0.257 e. The minimum absolute atomic E-state index is 0.245. The van der Waals surface area contributed by atoms with Gasteiger partial charge in [-0.25, -0.2) is 8.78 Å². The Bertz CT molecular complexity index is 802. The van der Waals surface area contributed by atoms with Gasteiger partial charge in [0.25, 0.3) is 5.91 Å². The van der Waals surface area contributed by atoms with Crippen molar-refractivity contribution in [1.82, 2.24) is 10.1 Å². The highest BCUT2D eigenvalue weighted by Crippen LogP contribution is 2.30. The molecule has 6 nitrogen and oxygen atoms in total. The number of anilines is 1. The summed E-state index contributed by atoms with van der Waals surface area (Å²) in [6.07, 6.45) is 1.92. The highest BCUT2D eigenvalue weighted by molar-refractivity contribution is 5.99. The smallest absolute Gasteiger partial charge is 0.257 e. The van der Waals surface area contributed by atoms with Crippen LogP contribution in [0.25, 0.3) is 0 Å². The minimum Gasteiger partial charge on any atom is -0.360 e. The molecule has 25 heavy (non-hydrogen) atoms. The van der Waals surface area contributed by atoms with Gasteiger partial charge < -0.3 is 14.7 Å². The van der Waals surface area contributed by atoms with Gasteiger partial charge in [-0.3, -0.25) is 9.59 Å². The molecule has 1 saturated carbocycles. The number of nitrogens with zero attached hydrogens (tertiary/aromatic N) is 2. The van der Waals surface area contributed by atoms with Crippen LogP contribution in [0.4, 0.5) is 14.6 Å². The number of hydrogen-bond acceptors (Lipinski definition) is 4. The highest BCUT2D eigenvalue weighted by Gasteiger charge is 2.29. The number of hydrogen-bond donors (Lipinski definition) is 1. The van der Waals surface area contributed by atoms with Crippen LogP contribution < -0.4 is 5.32 Å². The number of rotatable bonds is 6. The van der Waals surface area contributed by atoms with E-state index in [1.165, 1.54) is 4.90 Å². The van der Waals surface area contributed by atoms with Crippen LogP contribution in [0.3, 0.4) is 0 Å². The number of halogens is 2. The van der Waals surface area contributed by atoms with Gasteiger partial charge >= 0.3 is 0 Å². The minimum atomic E-state index is -0.946. The molecule has 0 aliphatic heterocycles. The highest BCUT2D eigenvalue weighted by atomic mass is 19.1. The first-order chi connectivity index (χ1) is 11.9. The van der Waals surface area contributed by atoms with Gasteiger partial charge in [0.05, 0.1) is 5.56 Å². The predicted octanol–water partition coefficient (Wildman–Crippen LogP) is 2.75. The molecular weight excluding hydrogens is 332 g/mol. The predicted molar refractivity (Wildman–Crippen MR) is 84.9 cm³/mol. The molecule has 2 aromatic rings. The van der Waals surface area contributed by atoms with Crippen LogP contribution in [0.2, 0.25) is 0 Å². The van der Waals surface area contributed by atoms with Crippen LogP contribution in [-0.2, 0) is 4.79 Å². The van der Waals surface area contributed by atoms with Crippen LogP contribution in [0.15, 0.2) is 28.8 Å². The topological polar surface area (TPSA) is 75.4 Å². The Kier molecular flexibility index (Phi) is 4.78. The van der Waals surface area contributed by atoms with Crippen LogP contribution >= 0.6 is 0 Å². The quantitative estimate of drug-likeness (QED) is 0.870. The maximum atomic E-state index is 13.9. The summed E-state index contributed by atoms with van der Waals surface area (Å²) in [6, 6.07) is 4.31. The lowest BCUT2D eigenvalue weighted by Crippen LogP contribution is -2.39. The maximum absolute atomic E-state index is 13.9. The number of aromatic nitrogens is 1. The number of carbonyl (C=O) groups is 2. The van der Waals surface area contributed by atoms with Crippen molar-refractivity contribution < 1.29 is 22.9 Å². The molecule has 1 N–H and O–H groups in total. The van der Waals surface area contributed by atoms with Gasteiger partial charge in [-0.15, -0.1) is 0 Å². The monoisotopic (exact) mass is 349 g/mol. The molecule has 0 saturated heterocycles. The molecule has 0 unspecified atom stereocenters. The summed E-state index contributed by atoms with van der Waals surface area (Å²) in [5.41, 5.74) is -0.257. The molecule has 3 rings (SSSR count). The van der Waals surface area contributed by atoms with Crippen LogP contribution in [0.1, 0.15) is 29.0 Å². The lowest BCUT2D eigenvalue weighted by atomic mass is 10.1. The summed E-state index contributed by atoms with van der Waals surface area (Å²) in [6.45, 7) is 1.78. The number of nitrogens with one attached hydrogen (secondary N) is 1. The Balaban J connectivity index is 1.72. The Morgan fingerprint density at radius 3 is 2.68 bits per heavy atom. The summed E-state index contributed by atoms with van der Waals surface area (Å²) < 4.78 is 31.8. The third-order valence-corrected chi connectivity index (χ3v) is 3.85. The van der Waals surface area contributed by atoms with E-state index in [2.05, 4.69) is 10.5 Å². The zero-order valence-corrected chi connectivity index (χ0v) is 13.6. The van der Waals surface area contributed by atoms with Gasteiger partial charge in [-0.05, 0) is 37.8 Å². The van der Waals surface area contributed by atoms with Crippen LogP contribution in [0.5, 0.6) is 0 Å². The third-order valence-electron chi connectivity index (χ3n) is 3.85. The number of aryl methyl sites for hydroxylation is 1. The zero-order chi connectivity index (χ0) is 18.0. The van der Waals surface area contributed by atoms with E-state index in [0.29, 0.717) is 24.3 Å². The largest absolute Gasteiger partial charge is 0.360 e. The number of amides is 2. The average Bonchev–Trinajstić information content (AvgIpc) is 3.27. The first-order valence-electron chi connectivity index (χ1n) is 7.90. The summed E-state index contributed by atoms with van der Waals surface area (Å²) in [7, 11) is 0. The van der Waals surface area contributed by atoms with E-state index >= 15 is 0 Å². The number of carbonyl (C=O) groups excluding carboxylic acids is 2. The van der Waals surface area contributed by atoms with E-state index in [0.717, 1.165) is 25.0 Å². The van der Waals surface area contributed by atoms with Crippen molar-refractivity contribution in [2.45, 2.75) is 19.8 Å². The summed E-state index contributed by atoms with van der Waals surface area (Å²) in [5.74, 6) is -1.74. The van der Waals surface area contributed by atoms with E-state index in [1.54, 1.807) is 13.0 Å². The second-order valence-electron chi connectivity index (χ2n) is 6.12. The molecule has 8 heteroatoms. The van der Waals surface area contributed by atoms with Gasteiger partial charge in [-0.1, -0.05) is 5.16 Å². The molecule has 1 aromatic heterocycles. The van der Waals surface area contributed by atoms with E-state index in [4.69, 9.17) is 4.52 Å². The van der Waals surface area contributed by atoms with E-state index < -0.39 is 23.4 Å². The summed E-state index contributed by atoms with van der Waals surface area (Å²) in [4.78, 5) is 26.0. The molecule has 0 bridgehead atoms. The van der Waals surface area contributed by atoms with Crippen LogP contribution in [-0.4, -0.2) is 35.0 Å². The fourth-order valence-corrected chi connectivity index (χ4v) is 2.45. The lowest BCUT2D eigenvalue weighted by Gasteiger charge is -2.22. The molecule has 0 radical (unpaired) electrons. The lowest BCUT2D eigenvalue weighted by molar-refractivity contribution is -0.117. The second kappa shape index (κ2) is 7.00. The Morgan fingerprint density at radius 2 is 2.08 bits per heavy atom. The van der Waals surface area contributed by atoms with Crippen molar-refractivity contribution in [1.29, 1.82) is 0 Å². The molecule has 0 atom stereocenters. The molecule has 1 aromatic carbocycles. The van der Waals surface area contributed by atoms with E-state index in [1.807, 2.05) is 0 Å². The third kappa shape index (κ3) is 4.40. The molecule has 1 aliphatic carbocycles. The van der Waals surface area contributed by atoms with Crippen molar-refractivity contribution in [2.75, 3.05) is 18.4 Å². The average molecular weight is 349 g/mol. The van der Waals surface area contributed by atoms with Crippen molar-refractivity contribution >= 4 is 17.6 Å². The molecule has 1 heterocycles. The van der Waals surface area contributed by atoms with Gasteiger partial charge in [-0.2, -0.15) is 0 Å². The van der Waals surface area contributed by atoms with Crippen molar-refractivity contribution in [3.05, 3.63) is 47.2 Å². The van der Waals surface area contributed by atoms with Crippen molar-refractivity contribution in [3.63, 3.8) is 0 Å². The first-order valence-corrected chi connectivity index (χ1v) is 7.90. The molecule has 1 aliphatic rings. The standard InChI is InChI=1S/C17H17F2N3O3/c1-10-6-15(21-25-10)20-16(23)9-22(8-11-2-3-11)17(24)13-5-4-12(18)7-14(13)19/h4-7,11H,2-3,8-9H2,1H3,(H,20,21,23). The van der Waals surface area contributed by atoms with E-state index in [9.17, 15) is 18.4 Å². The molecule has 132 valence electrons. The van der Waals surface area contributed by atoms with Gasteiger partial charge in [0.1, 0.15) is 23.9 Å². The summed E-state index contributed by atoms with van der Waals surface area (Å²) >= 11 is 0. The summed E-state index contributed by atoms with van der Waals surface area (Å²) in [5, 5.41) is 6.18. The fraction of sp³-hybridized carbons (Fsp3) is 0.353. The molecule has 1 fully saturated rings. The first kappa shape index (κ1) is 17.1. The second-order valence-corrected chi connectivity index (χ2v) is 6.12. The van der Waals surface area contributed by atoms with Gasteiger partial charge in [0.2, 0.25) is 5.91 Å². The Morgan fingerprint density at radius 1 is 1.32 bits per heavy atom. The van der Waals surface area contributed by atoms with Crippen molar-refractivity contribution in [2.24, 2.45) is 5.92 Å². The Labute approximate surface area is 142 Å². The van der Waals surface area contributed by atoms with Gasteiger partial charge in [0, 0.05) is 18.7 Å². The van der Waals surface area contributed by atoms with Crippen molar-refractivity contribution in [3.8, 4) is 0 Å². The number of benzene rings is 1. The normalized spacial score (nSPS) is 13.6. The SMILES string of the molecule is Cc1cc(NC(=O)CN(CC2CC2)C(=O)c2ccc(F)cc2F)no1. The molecular formula is C17H17F2N3O3. The fourth-order valence-electron chi connectivity index (χ4n) is 2.45. The zero-order valence-electron chi connectivity index (χ0n) is 13.6. The van der Waals surface area contributed by atoms with E-state index in [-0.39, 0.29) is 17.9 Å².